The molecule has 1 aromatic carbocycles. The van der Waals surface area contributed by atoms with E-state index in [0.29, 0.717) is 31.9 Å². The molecule has 2 aromatic rings. The number of hydrogen-bond donors (Lipinski definition) is 0. The Morgan fingerprint density at radius 3 is 2.70 bits per heavy atom. The molecule has 0 radical (unpaired) electrons. The minimum absolute atomic E-state index is 0.0292. The lowest BCUT2D eigenvalue weighted by Gasteiger charge is -2.32. The van der Waals surface area contributed by atoms with E-state index in [2.05, 4.69) is 5.10 Å². The van der Waals surface area contributed by atoms with Gasteiger partial charge in [0.25, 0.3) is 0 Å². The van der Waals surface area contributed by atoms with Crippen molar-refractivity contribution in [2.45, 2.75) is 18.7 Å². The third-order valence-electron chi connectivity index (χ3n) is 4.82. The number of ether oxygens (including phenoxy) is 3. The number of carbonyl (C=O) groups excluding carboxylic acids is 1. The highest BCUT2D eigenvalue weighted by molar-refractivity contribution is 5.77. The van der Waals surface area contributed by atoms with Crippen molar-refractivity contribution in [1.29, 1.82) is 0 Å². The van der Waals surface area contributed by atoms with Crippen LogP contribution in [0.3, 0.4) is 0 Å². The summed E-state index contributed by atoms with van der Waals surface area (Å²) in [5.74, 6) is 0.278. The first-order valence-electron chi connectivity index (χ1n) is 9.49. The highest BCUT2D eigenvalue weighted by Crippen LogP contribution is 2.30. The molecule has 0 bridgehead atoms. The van der Waals surface area contributed by atoms with Gasteiger partial charge < -0.3 is 19.1 Å². The summed E-state index contributed by atoms with van der Waals surface area (Å²) in [6.45, 7) is 1.65. The zero-order valence-electron chi connectivity index (χ0n) is 16.8. The number of aromatic nitrogens is 2. The SMILES string of the molecule is COCC(=O)N1CCO[C@@H](c2cc(CCOc3ccc(C(F)(F)F)cc3)n(C)n2)C1. The van der Waals surface area contributed by atoms with E-state index < -0.39 is 11.7 Å². The lowest BCUT2D eigenvalue weighted by Crippen LogP contribution is -2.43. The fraction of sp³-hybridized carbons (Fsp3) is 0.500. The zero-order valence-corrected chi connectivity index (χ0v) is 16.8. The minimum Gasteiger partial charge on any atom is -0.493 e. The zero-order chi connectivity index (χ0) is 21.7. The Bertz CT molecular complexity index is 852. The molecule has 0 N–H and O–H groups in total. The highest BCUT2D eigenvalue weighted by atomic mass is 19.4. The van der Waals surface area contributed by atoms with Crippen LogP contribution in [0.15, 0.2) is 30.3 Å². The summed E-state index contributed by atoms with van der Waals surface area (Å²) in [6.07, 6.45) is -4.17. The van der Waals surface area contributed by atoms with Crippen LogP contribution in [0, 0.1) is 0 Å². The Balaban J connectivity index is 1.55. The predicted molar refractivity (Wildman–Crippen MR) is 101 cm³/mol. The van der Waals surface area contributed by atoms with Gasteiger partial charge in [0.1, 0.15) is 18.5 Å². The van der Waals surface area contributed by atoms with E-state index >= 15 is 0 Å². The molecule has 0 unspecified atom stereocenters. The topological polar surface area (TPSA) is 65.8 Å². The maximum atomic E-state index is 12.6. The van der Waals surface area contributed by atoms with E-state index in [1.807, 2.05) is 6.07 Å². The van der Waals surface area contributed by atoms with E-state index in [4.69, 9.17) is 14.2 Å². The number of benzene rings is 1. The number of carbonyl (C=O) groups is 1. The van der Waals surface area contributed by atoms with Crippen LogP contribution in [0.5, 0.6) is 5.75 Å². The molecule has 1 fully saturated rings. The van der Waals surface area contributed by atoms with Gasteiger partial charge in [-0.3, -0.25) is 9.48 Å². The van der Waals surface area contributed by atoms with E-state index in [-0.39, 0.29) is 25.2 Å². The van der Waals surface area contributed by atoms with Gasteiger partial charge in [0.15, 0.2) is 0 Å². The molecule has 30 heavy (non-hydrogen) atoms. The first-order chi connectivity index (χ1) is 14.3. The van der Waals surface area contributed by atoms with Crippen molar-refractivity contribution < 1.29 is 32.2 Å². The highest BCUT2D eigenvalue weighted by Gasteiger charge is 2.30. The lowest BCUT2D eigenvalue weighted by molar-refractivity contribution is -0.143. The van der Waals surface area contributed by atoms with Crippen LogP contribution in [0.2, 0.25) is 0 Å². The molecule has 1 aliphatic heterocycles. The molecule has 1 atom stereocenters. The van der Waals surface area contributed by atoms with Crippen molar-refractivity contribution >= 4 is 5.91 Å². The van der Waals surface area contributed by atoms with Crippen LogP contribution >= 0.6 is 0 Å². The fourth-order valence-electron chi connectivity index (χ4n) is 3.20. The van der Waals surface area contributed by atoms with Gasteiger partial charge in [0.05, 0.1) is 31.0 Å². The summed E-state index contributed by atoms with van der Waals surface area (Å²) < 4.78 is 55.8. The van der Waals surface area contributed by atoms with Crippen molar-refractivity contribution in [3.8, 4) is 5.75 Å². The number of methoxy groups -OCH3 is 1. The number of amides is 1. The smallest absolute Gasteiger partial charge is 0.416 e. The second-order valence-corrected chi connectivity index (χ2v) is 6.94. The molecule has 1 aromatic heterocycles. The summed E-state index contributed by atoms with van der Waals surface area (Å²) >= 11 is 0. The van der Waals surface area contributed by atoms with Gasteiger partial charge in [-0.15, -0.1) is 0 Å². The largest absolute Gasteiger partial charge is 0.493 e. The Morgan fingerprint density at radius 2 is 2.03 bits per heavy atom. The number of morpholine rings is 1. The average Bonchev–Trinajstić information content (AvgIpc) is 3.09. The van der Waals surface area contributed by atoms with Crippen molar-refractivity contribution in [2.75, 3.05) is 40.0 Å². The summed E-state index contributed by atoms with van der Waals surface area (Å²) in [4.78, 5) is 13.7. The van der Waals surface area contributed by atoms with E-state index in [1.165, 1.54) is 19.2 Å². The maximum Gasteiger partial charge on any atom is 0.416 e. The van der Waals surface area contributed by atoms with Crippen LogP contribution in [-0.4, -0.2) is 60.6 Å². The molecule has 1 aliphatic rings. The molecule has 164 valence electrons. The van der Waals surface area contributed by atoms with Crippen molar-refractivity contribution in [1.82, 2.24) is 14.7 Å². The Labute approximate surface area is 172 Å². The van der Waals surface area contributed by atoms with Crippen LogP contribution in [-0.2, 0) is 33.9 Å². The molecule has 7 nitrogen and oxygen atoms in total. The second-order valence-electron chi connectivity index (χ2n) is 6.94. The van der Waals surface area contributed by atoms with E-state index in [0.717, 1.165) is 23.5 Å². The summed E-state index contributed by atoms with van der Waals surface area (Å²) in [5, 5.41) is 4.48. The minimum atomic E-state index is -4.37. The number of aryl methyl sites for hydroxylation is 1. The first-order valence-corrected chi connectivity index (χ1v) is 9.49. The molecule has 0 spiro atoms. The Morgan fingerprint density at radius 1 is 1.30 bits per heavy atom. The molecule has 3 rings (SSSR count). The normalized spacial score (nSPS) is 17.2. The molecule has 0 aliphatic carbocycles. The van der Waals surface area contributed by atoms with Gasteiger partial charge in [-0.2, -0.15) is 18.3 Å². The monoisotopic (exact) mass is 427 g/mol. The molecule has 0 saturated carbocycles. The Kier molecular flexibility index (Phi) is 6.99. The number of nitrogens with zero attached hydrogens (tertiary/aromatic N) is 3. The van der Waals surface area contributed by atoms with Crippen LogP contribution in [0.1, 0.15) is 23.1 Å². The first kappa shape index (κ1) is 22.1. The molecular weight excluding hydrogens is 403 g/mol. The van der Waals surface area contributed by atoms with Crippen LogP contribution in [0.4, 0.5) is 13.2 Å². The van der Waals surface area contributed by atoms with E-state index in [1.54, 1.807) is 16.6 Å². The molecule has 10 heteroatoms. The molecule has 2 heterocycles. The third-order valence-corrected chi connectivity index (χ3v) is 4.82. The number of rotatable bonds is 7. The predicted octanol–water partition coefficient (Wildman–Crippen LogP) is 2.61. The fourth-order valence-corrected chi connectivity index (χ4v) is 3.20. The maximum absolute atomic E-state index is 12.6. The van der Waals surface area contributed by atoms with Gasteiger partial charge >= 0.3 is 6.18 Å². The second kappa shape index (κ2) is 9.48. The van der Waals surface area contributed by atoms with Crippen molar-refractivity contribution in [2.24, 2.45) is 7.05 Å². The summed E-state index contributed by atoms with van der Waals surface area (Å²) in [5.41, 5.74) is 0.898. The van der Waals surface area contributed by atoms with Gasteiger partial charge in [-0.25, -0.2) is 0 Å². The summed E-state index contributed by atoms with van der Waals surface area (Å²) in [7, 11) is 3.28. The van der Waals surface area contributed by atoms with Crippen molar-refractivity contribution in [3.63, 3.8) is 0 Å². The molecular formula is C20H24F3N3O4. The quantitative estimate of drug-likeness (QED) is 0.680. The van der Waals surface area contributed by atoms with Gasteiger partial charge in [0.2, 0.25) is 5.91 Å². The summed E-state index contributed by atoms with van der Waals surface area (Å²) in [6, 6.07) is 6.49. The number of halogens is 3. The van der Waals surface area contributed by atoms with Crippen molar-refractivity contribution in [3.05, 3.63) is 47.3 Å². The third kappa shape index (κ3) is 5.51. The van der Waals surface area contributed by atoms with Gasteiger partial charge in [-0.05, 0) is 30.3 Å². The Hall–Kier alpha value is -2.59. The number of alkyl halides is 3. The van der Waals surface area contributed by atoms with E-state index in [9.17, 15) is 18.0 Å². The van der Waals surface area contributed by atoms with Crippen LogP contribution < -0.4 is 4.74 Å². The molecule has 1 saturated heterocycles. The van der Waals surface area contributed by atoms with Gasteiger partial charge in [0, 0.05) is 32.8 Å². The molecule has 1 amide bonds. The van der Waals surface area contributed by atoms with Gasteiger partial charge in [-0.1, -0.05) is 0 Å². The lowest BCUT2D eigenvalue weighted by atomic mass is 10.2. The van der Waals surface area contributed by atoms with Crippen LogP contribution in [0.25, 0.3) is 0 Å². The standard InChI is InChI=1S/C20H24F3N3O4/c1-25-15(7-9-29-16-5-3-14(4-6-16)20(21,22)23)11-17(24-25)18-12-26(8-10-30-18)19(27)13-28-2/h3-6,11,18H,7-10,12-13H2,1-2H3/t18-/m1/s1. The number of hydrogen-bond acceptors (Lipinski definition) is 5. The average molecular weight is 427 g/mol.